The van der Waals surface area contributed by atoms with Crippen LogP contribution in [0.1, 0.15) is 18.5 Å². The minimum absolute atomic E-state index is 0.0913. The third-order valence-electron chi connectivity index (χ3n) is 4.94. The predicted octanol–water partition coefficient (Wildman–Crippen LogP) is 3.11. The first-order valence-electron chi connectivity index (χ1n) is 9.77. The van der Waals surface area contributed by atoms with Crippen LogP contribution >= 0.6 is 0 Å². The number of nitrogens with one attached hydrogen (secondary N) is 1. The highest BCUT2D eigenvalue weighted by Crippen LogP contribution is 2.34. The molecule has 0 saturated carbocycles. The van der Waals surface area contributed by atoms with E-state index < -0.39 is 56.2 Å². The molecule has 3 aromatic carbocycles. The maximum Gasteiger partial charge on any atom is 0.210 e. The van der Waals surface area contributed by atoms with Gasteiger partial charge >= 0.3 is 0 Å². The van der Waals surface area contributed by atoms with E-state index >= 15 is 0 Å². The van der Waals surface area contributed by atoms with Gasteiger partial charge in [-0.05, 0) is 48.9 Å². The van der Waals surface area contributed by atoms with Crippen LogP contribution in [0.5, 0.6) is 5.75 Å². The number of sulfone groups is 2. The third-order valence-corrected chi connectivity index (χ3v) is 9.50. The molecule has 1 atom stereocenters. The molecule has 0 aromatic heterocycles. The van der Waals surface area contributed by atoms with Crippen molar-refractivity contribution in [3.63, 3.8) is 0 Å². The summed E-state index contributed by atoms with van der Waals surface area (Å²) in [4.78, 5) is -2.08. The molecule has 3 aromatic rings. The molecule has 12 heteroatoms. The van der Waals surface area contributed by atoms with Gasteiger partial charge in [0.05, 0.1) is 28.1 Å². The maximum absolute atomic E-state index is 14.3. The zero-order valence-electron chi connectivity index (χ0n) is 18.4. The zero-order chi connectivity index (χ0) is 25.3. The Hall–Kier alpha value is -2.80. The van der Waals surface area contributed by atoms with Gasteiger partial charge in [0, 0.05) is 12.1 Å². The molecule has 8 nitrogen and oxygen atoms in total. The molecule has 0 aliphatic heterocycles. The fourth-order valence-electron chi connectivity index (χ4n) is 3.28. The minimum Gasteiger partial charge on any atom is -0.497 e. The molecule has 0 unspecified atom stereocenters. The normalized spacial score (nSPS) is 13.4. The number of sulfonamides is 1. The number of methoxy groups -OCH3 is 1. The van der Waals surface area contributed by atoms with Crippen LogP contribution in [0.4, 0.5) is 4.39 Å². The van der Waals surface area contributed by atoms with Crippen molar-refractivity contribution in [1.82, 2.24) is 4.72 Å². The van der Waals surface area contributed by atoms with Crippen molar-refractivity contribution in [2.45, 2.75) is 32.5 Å². The molecule has 0 amide bonds. The summed E-state index contributed by atoms with van der Waals surface area (Å²) in [7, 11) is -11.1. The fraction of sp³-hybridized carbons (Fsp3) is 0.182. The highest BCUT2D eigenvalue weighted by Gasteiger charge is 2.31. The zero-order valence-corrected chi connectivity index (χ0v) is 20.8. The van der Waals surface area contributed by atoms with Gasteiger partial charge < -0.3 is 4.74 Å². The summed E-state index contributed by atoms with van der Waals surface area (Å²) < 4.78 is 98.1. The van der Waals surface area contributed by atoms with Crippen LogP contribution in [0.2, 0.25) is 0 Å². The minimum atomic E-state index is -4.54. The van der Waals surface area contributed by atoms with Crippen molar-refractivity contribution >= 4 is 29.7 Å². The van der Waals surface area contributed by atoms with Crippen molar-refractivity contribution < 1.29 is 34.4 Å². The second-order valence-electron chi connectivity index (χ2n) is 7.43. The van der Waals surface area contributed by atoms with Crippen molar-refractivity contribution in [2.24, 2.45) is 0 Å². The van der Waals surface area contributed by atoms with Crippen LogP contribution in [0.3, 0.4) is 0 Å². The number of hydrogen-bond acceptors (Lipinski definition) is 7. The topological polar surface area (TPSA) is 124 Å². The number of halogens is 1. The summed E-state index contributed by atoms with van der Waals surface area (Å²) >= 11 is 0. The van der Waals surface area contributed by atoms with Crippen LogP contribution in [0.15, 0.2) is 86.3 Å². The molecular weight excluding hydrogens is 505 g/mol. The molecule has 0 heterocycles. The van der Waals surface area contributed by atoms with Crippen molar-refractivity contribution in [3.05, 3.63) is 78.1 Å². The molecule has 34 heavy (non-hydrogen) atoms. The highest BCUT2D eigenvalue weighted by molar-refractivity contribution is 7.94. The highest BCUT2D eigenvalue weighted by atomic mass is 32.2. The van der Waals surface area contributed by atoms with Crippen LogP contribution in [0, 0.1) is 5.82 Å². The number of ether oxygens (including phenoxy) is 1. The fourth-order valence-corrected chi connectivity index (χ4v) is 7.46. The van der Waals surface area contributed by atoms with Gasteiger partial charge in [-0.15, -0.1) is 0 Å². The molecule has 0 bridgehead atoms. The average Bonchev–Trinajstić information content (AvgIpc) is 2.77. The lowest BCUT2D eigenvalue weighted by Crippen LogP contribution is -2.25. The maximum atomic E-state index is 14.3. The van der Waals surface area contributed by atoms with Gasteiger partial charge in [0.25, 0.3) is 0 Å². The second kappa shape index (κ2) is 9.45. The smallest absolute Gasteiger partial charge is 0.210 e. The van der Waals surface area contributed by atoms with E-state index in [1.54, 1.807) is 6.92 Å². The van der Waals surface area contributed by atoms with Gasteiger partial charge in [0.1, 0.15) is 16.5 Å². The van der Waals surface area contributed by atoms with Crippen LogP contribution < -0.4 is 9.46 Å². The molecule has 0 spiro atoms. The van der Waals surface area contributed by atoms with Crippen LogP contribution in [-0.2, 0) is 29.7 Å². The van der Waals surface area contributed by atoms with Gasteiger partial charge in [0.15, 0.2) is 0 Å². The Morgan fingerprint density at radius 2 is 1.41 bits per heavy atom. The largest absolute Gasteiger partial charge is 0.497 e. The summed E-state index contributed by atoms with van der Waals surface area (Å²) in [6.07, 6.45) is 1.00. The Morgan fingerprint density at radius 1 is 0.794 bits per heavy atom. The molecule has 0 aliphatic carbocycles. The summed E-state index contributed by atoms with van der Waals surface area (Å²) in [6, 6.07) is 12.8. The molecule has 1 N–H and O–H groups in total. The monoisotopic (exact) mass is 527 g/mol. The summed E-state index contributed by atoms with van der Waals surface area (Å²) in [5, 5.41) is 0. The first kappa shape index (κ1) is 25.8. The standard InChI is InChI=1S/C22H22FNO7S3/c1-15(24-32(3,25)26)16-8-11-18(12-9-16)33(27,28)22-14-17(31-2)10-13-21(22)34(29,30)20-7-5-4-6-19(20)23/h4-15,24H,1-3H3/t15-/m0/s1. The van der Waals surface area contributed by atoms with Gasteiger partial charge in [-0.2, -0.15) is 0 Å². The second-order valence-corrected chi connectivity index (χ2v) is 13.0. The Balaban J connectivity index is 2.14. The van der Waals surface area contributed by atoms with Gasteiger partial charge in [0.2, 0.25) is 29.7 Å². The van der Waals surface area contributed by atoms with E-state index in [1.807, 2.05) is 0 Å². The Kier molecular flexibility index (Phi) is 7.18. The summed E-state index contributed by atoms with van der Waals surface area (Å²) in [5.74, 6) is -0.924. The molecule has 0 aliphatic rings. The first-order valence-corrected chi connectivity index (χ1v) is 14.6. The number of hydrogen-bond donors (Lipinski definition) is 1. The van der Waals surface area contributed by atoms with E-state index in [0.717, 1.165) is 30.5 Å². The molecule has 182 valence electrons. The number of benzene rings is 3. The van der Waals surface area contributed by atoms with Gasteiger partial charge in [-0.1, -0.05) is 24.3 Å². The van der Waals surface area contributed by atoms with Crippen molar-refractivity contribution in [1.29, 1.82) is 0 Å². The molecule has 0 radical (unpaired) electrons. The molecule has 0 saturated heterocycles. The van der Waals surface area contributed by atoms with E-state index in [9.17, 15) is 29.6 Å². The van der Waals surface area contributed by atoms with Gasteiger partial charge in [-0.25, -0.2) is 34.4 Å². The van der Waals surface area contributed by atoms with E-state index in [1.165, 1.54) is 49.6 Å². The quantitative estimate of drug-likeness (QED) is 0.477. The SMILES string of the molecule is COc1ccc(S(=O)(=O)c2ccccc2F)c(S(=O)(=O)c2ccc([C@H](C)NS(C)(=O)=O)cc2)c1. The van der Waals surface area contributed by atoms with Crippen LogP contribution in [-0.4, -0.2) is 38.6 Å². The lowest BCUT2D eigenvalue weighted by Gasteiger charge is -2.15. The predicted molar refractivity (Wildman–Crippen MR) is 123 cm³/mol. The molecule has 3 rings (SSSR count). The lowest BCUT2D eigenvalue weighted by atomic mass is 10.1. The van der Waals surface area contributed by atoms with E-state index in [-0.39, 0.29) is 10.6 Å². The van der Waals surface area contributed by atoms with Crippen molar-refractivity contribution in [3.8, 4) is 5.75 Å². The third kappa shape index (κ3) is 5.30. The average molecular weight is 528 g/mol. The Bertz CT molecular complexity index is 1530. The van der Waals surface area contributed by atoms with Gasteiger partial charge in [-0.3, -0.25) is 0 Å². The van der Waals surface area contributed by atoms with E-state index in [0.29, 0.717) is 5.56 Å². The van der Waals surface area contributed by atoms with E-state index in [2.05, 4.69) is 4.72 Å². The molecule has 0 fully saturated rings. The first-order chi connectivity index (χ1) is 15.8. The van der Waals surface area contributed by atoms with Crippen molar-refractivity contribution in [2.75, 3.05) is 13.4 Å². The van der Waals surface area contributed by atoms with E-state index in [4.69, 9.17) is 4.74 Å². The lowest BCUT2D eigenvalue weighted by molar-refractivity contribution is 0.412. The Labute approximate surface area is 198 Å². The van der Waals surface area contributed by atoms with Crippen LogP contribution in [0.25, 0.3) is 0 Å². The Morgan fingerprint density at radius 3 is 1.97 bits per heavy atom. The molecular formula is C22H22FNO7S3. The number of rotatable bonds is 8. The summed E-state index contributed by atoms with van der Waals surface area (Å²) in [5.41, 5.74) is 0.495. The summed E-state index contributed by atoms with van der Waals surface area (Å²) in [6.45, 7) is 1.59.